The summed E-state index contributed by atoms with van der Waals surface area (Å²) in [5.41, 5.74) is 3.26. The fraction of sp³-hybridized carbons (Fsp3) is 0.0952. The third-order valence-corrected chi connectivity index (χ3v) is 4.42. The van der Waals surface area contributed by atoms with Crippen LogP contribution in [0.5, 0.6) is 5.75 Å². The zero-order valence-corrected chi connectivity index (χ0v) is 14.0. The number of nitrogens with zero attached hydrogens (tertiary/aromatic N) is 1. The Morgan fingerprint density at radius 1 is 0.920 bits per heavy atom. The standard InChI is InChI=1S/C21H17NO3/c1-13(22-23)14-6-8-20-18(9-14)12-21(25-20)17-4-3-16-11-19(24-2)7-5-15(16)10-17/h3-12,23H,1-2H3/b22-13-. The van der Waals surface area contributed by atoms with Crippen molar-refractivity contribution >= 4 is 27.5 Å². The zero-order valence-electron chi connectivity index (χ0n) is 14.0. The van der Waals surface area contributed by atoms with Gasteiger partial charge in [-0.25, -0.2) is 0 Å². The first-order chi connectivity index (χ1) is 12.2. The first kappa shape index (κ1) is 15.3. The molecule has 124 valence electrons. The van der Waals surface area contributed by atoms with Crippen molar-refractivity contribution in [3.05, 3.63) is 66.2 Å². The van der Waals surface area contributed by atoms with Gasteiger partial charge in [-0.2, -0.15) is 0 Å². The molecule has 0 aliphatic carbocycles. The maximum atomic E-state index is 8.94. The minimum atomic E-state index is 0.573. The molecule has 3 aromatic carbocycles. The van der Waals surface area contributed by atoms with Crippen molar-refractivity contribution in [1.29, 1.82) is 0 Å². The summed E-state index contributed by atoms with van der Waals surface area (Å²) in [5.74, 6) is 1.65. The normalized spacial score (nSPS) is 12.0. The number of rotatable bonds is 3. The SMILES string of the molecule is COc1ccc2cc(-c3cc4cc(/C(C)=N\O)ccc4o3)ccc2c1. The van der Waals surface area contributed by atoms with Gasteiger partial charge in [0.05, 0.1) is 12.8 Å². The molecule has 1 heterocycles. The number of methoxy groups -OCH3 is 1. The summed E-state index contributed by atoms with van der Waals surface area (Å²) < 4.78 is 11.3. The van der Waals surface area contributed by atoms with E-state index in [1.807, 2.05) is 48.5 Å². The number of furan rings is 1. The van der Waals surface area contributed by atoms with E-state index in [4.69, 9.17) is 14.4 Å². The quantitative estimate of drug-likeness (QED) is 0.308. The Labute approximate surface area is 144 Å². The molecule has 0 fully saturated rings. The van der Waals surface area contributed by atoms with Gasteiger partial charge in [0.15, 0.2) is 0 Å². The van der Waals surface area contributed by atoms with Gasteiger partial charge in [-0.15, -0.1) is 0 Å². The molecule has 4 heteroatoms. The Bertz CT molecular complexity index is 1110. The second kappa shape index (κ2) is 5.98. The number of oxime groups is 1. The summed E-state index contributed by atoms with van der Waals surface area (Å²) in [5, 5.41) is 15.4. The third kappa shape index (κ3) is 2.72. The lowest BCUT2D eigenvalue weighted by atomic mass is 10.0. The predicted octanol–water partition coefficient (Wildman–Crippen LogP) is 5.46. The maximum absolute atomic E-state index is 8.94. The number of hydrogen-bond acceptors (Lipinski definition) is 4. The smallest absolute Gasteiger partial charge is 0.135 e. The molecule has 4 rings (SSSR count). The highest BCUT2D eigenvalue weighted by molar-refractivity contribution is 6.01. The summed E-state index contributed by atoms with van der Waals surface area (Å²) in [4.78, 5) is 0. The van der Waals surface area contributed by atoms with Crippen LogP contribution in [-0.4, -0.2) is 18.0 Å². The van der Waals surface area contributed by atoms with Gasteiger partial charge in [-0.1, -0.05) is 23.4 Å². The second-order valence-corrected chi connectivity index (χ2v) is 5.98. The van der Waals surface area contributed by atoms with Gasteiger partial charge in [-0.3, -0.25) is 0 Å². The van der Waals surface area contributed by atoms with Crippen LogP contribution in [0.3, 0.4) is 0 Å². The van der Waals surface area contributed by atoms with Crippen molar-refractivity contribution in [2.24, 2.45) is 5.16 Å². The van der Waals surface area contributed by atoms with Crippen LogP contribution in [0, 0.1) is 0 Å². The van der Waals surface area contributed by atoms with Crippen molar-refractivity contribution < 1.29 is 14.4 Å². The minimum absolute atomic E-state index is 0.573. The van der Waals surface area contributed by atoms with Gasteiger partial charge in [-0.05, 0) is 65.7 Å². The van der Waals surface area contributed by atoms with Crippen molar-refractivity contribution in [3.8, 4) is 17.1 Å². The average Bonchev–Trinajstić information content (AvgIpc) is 3.09. The molecule has 0 bridgehead atoms. The van der Waals surface area contributed by atoms with Gasteiger partial charge in [0.2, 0.25) is 0 Å². The van der Waals surface area contributed by atoms with Gasteiger partial charge in [0.1, 0.15) is 17.1 Å². The fourth-order valence-corrected chi connectivity index (χ4v) is 2.97. The number of hydrogen-bond donors (Lipinski definition) is 1. The molecule has 4 nitrogen and oxygen atoms in total. The lowest BCUT2D eigenvalue weighted by molar-refractivity contribution is 0.319. The van der Waals surface area contributed by atoms with Crippen LogP contribution in [0.2, 0.25) is 0 Å². The van der Waals surface area contributed by atoms with Crippen molar-refractivity contribution in [1.82, 2.24) is 0 Å². The molecule has 0 saturated heterocycles. The van der Waals surface area contributed by atoms with E-state index in [1.54, 1.807) is 14.0 Å². The molecule has 0 aliphatic rings. The molecule has 1 aromatic heterocycles. The van der Waals surface area contributed by atoms with E-state index in [9.17, 15) is 0 Å². The molecule has 0 radical (unpaired) electrons. The Kier molecular flexibility index (Phi) is 3.65. The van der Waals surface area contributed by atoms with Gasteiger partial charge in [0, 0.05) is 10.9 Å². The van der Waals surface area contributed by atoms with E-state index >= 15 is 0 Å². The minimum Gasteiger partial charge on any atom is -0.497 e. The van der Waals surface area contributed by atoms with Crippen molar-refractivity contribution in [2.75, 3.05) is 7.11 Å². The Morgan fingerprint density at radius 2 is 1.72 bits per heavy atom. The van der Waals surface area contributed by atoms with Crippen LogP contribution in [0.1, 0.15) is 12.5 Å². The number of ether oxygens (including phenoxy) is 1. The molecule has 0 spiro atoms. The van der Waals surface area contributed by atoms with E-state index in [-0.39, 0.29) is 0 Å². The monoisotopic (exact) mass is 331 g/mol. The summed E-state index contributed by atoms with van der Waals surface area (Å²) >= 11 is 0. The molecule has 1 N–H and O–H groups in total. The molecule has 0 saturated carbocycles. The Balaban J connectivity index is 1.79. The highest BCUT2D eigenvalue weighted by atomic mass is 16.5. The van der Waals surface area contributed by atoms with Gasteiger partial charge >= 0.3 is 0 Å². The summed E-state index contributed by atoms with van der Waals surface area (Å²) in [7, 11) is 1.67. The first-order valence-corrected chi connectivity index (χ1v) is 7.99. The third-order valence-electron chi connectivity index (χ3n) is 4.42. The maximum Gasteiger partial charge on any atom is 0.135 e. The van der Waals surface area contributed by atoms with Crippen LogP contribution in [0.25, 0.3) is 33.1 Å². The van der Waals surface area contributed by atoms with Crippen molar-refractivity contribution in [2.45, 2.75) is 6.92 Å². The number of fused-ring (bicyclic) bond motifs is 2. The molecule has 0 amide bonds. The lowest BCUT2D eigenvalue weighted by Crippen LogP contribution is -1.92. The van der Waals surface area contributed by atoms with E-state index < -0.39 is 0 Å². The largest absolute Gasteiger partial charge is 0.497 e. The highest BCUT2D eigenvalue weighted by Crippen LogP contribution is 2.31. The Morgan fingerprint density at radius 3 is 2.52 bits per heavy atom. The van der Waals surface area contributed by atoms with Crippen LogP contribution >= 0.6 is 0 Å². The predicted molar refractivity (Wildman–Crippen MR) is 99.7 cm³/mol. The van der Waals surface area contributed by atoms with Crippen molar-refractivity contribution in [3.63, 3.8) is 0 Å². The molecule has 0 aliphatic heterocycles. The van der Waals surface area contributed by atoms with E-state index in [0.29, 0.717) is 5.71 Å². The van der Waals surface area contributed by atoms with Crippen LogP contribution in [-0.2, 0) is 0 Å². The van der Waals surface area contributed by atoms with Crippen LogP contribution in [0.4, 0.5) is 0 Å². The molecule has 4 aromatic rings. The summed E-state index contributed by atoms with van der Waals surface area (Å²) in [6.07, 6.45) is 0. The number of benzene rings is 3. The molecular formula is C21H17NO3. The fourth-order valence-electron chi connectivity index (χ4n) is 2.97. The molecule has 0 atom stereocenters. The van der Waals surface area contributed by atoms with E-state index in [0.717, 1.165) is 44.4 Å². The van der Waals surface area contributed by atoms with E-state index in [1.165, 1.54) is 0 Å². The van der Waals surface area contributed by atoms with Crippen LogP contribution in [0.15, 0.2) is 70.2 Å². The van der Waals surface area contributed by atoms with Gasteiger partial charge in [0.25, 0.3) is 0 Å². The lowest BCUT2D eigenvalue weighted by Gasteiger charge is -2.04. The second-order valence-electron chi connectivity index (χ2n) is 5.98. The Hall–Kier alpha value is -3.27. The van der Waals surface area contributed by atoms with E-state index in [2.05, 4.69) is 17.3 Å². The highest BCUT2D eigenvalue weighted by Gasteiger charge is 2.09. The molecular weight excluding hydrogens is 314 g/mol. The topological polar surface area (TPSA) is 55.0 Å². The average molecular weight is 331 g/mol. The summed E-state index contributed by atoms with van der Waals surface area (Å²) in [6, 6.07) is 20.0. The zero-order chi connectivity index (χ0) is 17.4. The first-order valence-electron chi connectivity index (χ1n) is 7.99. The molecule has 0 unspecified atom stereocenters. The van der Waals surface area contributed by atoms with Gasteiger partial charge < -0.3 is 14.4 Å². The molecule has 25 heavy (non-hydrogen) atoms. The van der Waals surface area contributed by atoms with Crippen LogP contribution < -0.4 is 4.74 Å². The summed E-state index contributed by atoms with van der Waals surface area (Å²) in [6.45, 7) is 1.76.